The van der Waals surface area contributed by atoms with Gasteiger partial charge in [-0.05, 0) is 26.8 Å². The van der Waals surface area contributed by atoms with Crippen LogP contribution in [0.5, 0.6) is 0 Å². The zero-order valence-electron chi connectivity index (χ0n) is 11.0. The van der Waals surface area contributed by atoms with Gasteiger partial charge in [-0.15, -0.1) is 0 Å². The normalized spacial score (nSPS) is 10.3. The molecule has 1 amide bonds. The molecule has 102 valence electrons. The van der Waals surface area contributed by atoms with Gasteiger partial charge in [0.1, 0.15) is 11.3 Å². The topological polar surface area (TPSA) is 91.4 Å². The maximum absolute atomic E-state index is 11.3. The Morgan fingerprint density at radius 2 is 2.16 bits per heavy atom. The van der Waals surface area contributed by atoms with Gasteiger partial charge in [-0.25, -0.2) is 9.59 Å². The molecule has 19 heavy (non-hydrogen) atoms. The summed E-state index contributed by atoms with van der Waals surface area (Å²) in [4.78, 5) is 24.5. The van der Waals surface area contributed by atoms with E-state index < -0.39 is 17.7 Å². The molecule has 6 nitrogen and oxygen atoms in total. The summed E-state index contributed by atoms with van der Waals surface area (Å²) >= 11 is 0. The largest absolute Gasteiger partial charge is 0.477 e. The van der Waals surface area contributed by atoms with Crippen LogP contribution < -0.4 is 5.32 Å². The van der Waals surface area contributed by atoms with Crippen LogP contribution in [0.3, 0.4) is 0 Å². The van der Waals surface area contributed by atoms with Gasteiger partial charge >= 0.3 is 12.1 Å². The maximum atomic E-state index is 11.3. The predicted molar refractivity (Wildman–Crippen MR) is 68.9 cm³/mol. The first-order valence-corrected chi connectivity index (χ1v) is 5.65. The molecular weight excluding hydrogens is 248 g/mol. The van der Waals surface area contributed by atoms with Gasteiger partial charge in [-0.3, -0.25) is 0 Å². The van der Waals surface area contributed by atoms with E-state index in [1.807, 2.05) is 0 Å². The second kappa shape index (κ2) is 5.96. The van der Waals surface area contributed by atoms with E-state index in [-0.39, 0.29) is 12.2 Å². The molecular formula is C13H16N2O4. The fourth-order valence-electron chi connectivity index (χ4n) is 1.17. The molecule has 1 heterocycles. The molecule has 0 aromatic carbocycles. The number of alkyl carbamates (subject to hydrolysis) is 1. The van der Waals surface area contributed by atoms with Crippen LogP contribution in [0.1, 0.15) is 36.8 Å². The van der Waals surface area contributed by atoms with Crippen molar-refractivity contribution in [3.05, 3.63) is 23.5 Å². The number of aromatic amines is 1. The van der Waals surface area contributed by atoms with Crippen molar-refractivity contribution in [3.8, 4) is 11.8 Å². The third kappa shape index (κ3) is 5.64. The van der Waals surface area contributed by atoms with Gasteiger partial charge in [-0.2, -0.15) is 0 Å². The predicted octanol–water partition coefficient (Wildman–Crippen LogP) is 1.59. The zero-order chi connectivity index (χ0) is 14.5. The Morgan fingerprint density at radius 1 is 1.47 bits per heavy atom. The number of ether oxygens (including phenoxy) is 1. The average Bonchev–Trinajstić information content (AvgIpc) is 2.70. The van der Waals surface area contributed by atoms with E-state index in [9.17, 15) is 9.59 Å². The van der Waals surface area contributed by atoms with E-state index in [1.54, 1.807) is 20.8 Å². The number of H-pyrrole nitrogens is 1. The van der Waals surface area contributed by atoms with Gasteiger partial charge in [0, 0.05) is 11.8 Å². The molecule has 0 aliphatic carbocycles. The molecule has 0 saturated heterocycles. The van der Waals surface area contributed by atoms with Gasteiger partial charge < -0.3 is 20.1 Å². The summed E-state index contributed by atoms with van der Waals surface area (Å²) in [6, 6.07) is 1.42. The molecule has 1 aromatic rings. The van der Waals surface area contributed by atoms with E-state index >= 15 is 0 Å². The number of hydrogen-bond donors (Lipinski definition) is 3. The first kappa shape index (κ1) is 14.6. The van der Waals surface area contributed by atoms with Crippen molar-refractivity contribution >= 4 is 12.1 Å². The second-order valence-electron chi connectivity index (χ2n) is 4.76. The number of carbonyl (C=O) groups is 2. The minimum absolute atomic E-state index is 0.0735. The average molecular weight is 264 g/mol. The molecule has 0 atom stereocenters. The van der Waals surface area contributed by atoms with Gasteiger partial charge in [0.25, 0.3) is 0 Å². The van der Waals surface area contributed by atoms with Crippen molar-refractivity contribution in [2.24, 2.45) is 0 Å². The van der Waals surface area contributed by atoms with Crippen LogP contribution in [0.15, 0.2) is 12.3 Å². The Morgan fingerprint density at radius 3 is 2.68 bits per heavy atom. The van der Waals surface area contributed by atoms with E-state index in [2.05, 4.69) is 22.1 Å². The molecule has 0 unspecified atom stereocenters. The fourth-order valence-corrected chi connectivity index (χ4v) is 1.17. The lowest BCUT2D eigenvalue weighted by molar-refractivity contribution is 0.0534. The molecule has 0 radical (unpaired) electrons. The van der Waals surface area contributed by atoms with E-state index in [4.69, 9.17) is 9.84 Å². The Labute approximate surface area is 111 Å². The third-order valence-electron chi connectivity index (χ3n) is 1.87. The summed E-state index contributed by atoms with van der Waals surface area (Å²) in [5.41, 5.74) is 0.0712. The molecule has 1 aromatic heterocycles. The molecule has 3 N–H and O–H groups in total. The van der Waals surface area contributed by atoms with Crippen LogP contribution in [0.4, 0.5) is 4.79 Å². The van der Waals surface area contributed by atoms with Gasteiger partial charge in [0.05, 0.1) is 6.54 Å². The van der Waals surface area contributed by atoms with Crippen molar-refractivity contribution in [3.63, 3.8) is 0 Å². The SMILES string of the molecule is CC(C)(C)OC(=O)NCC#Cc1c[nH]c(C(=O)O)c1. The number of carboxylic acids is 1. The van der Waals surface area contributed by atoms with Gasteiger partial charge in [-0.1, -0.05) is 11.8 Å². The molecule has 0 aliphatic rings. The highest BCUT2D eigenvalue weighted by Gasteiger charge is 2.14. The van der Waals surface area contributed by atoms with Crippen molar-refractivity contribution in [1.82, 2.24) is 10.3 Å². The van der Waals surface area contributed by atoms with Crippen LogP contribution in [0.2, 0.25) is 0 Å². The van der Waals surface area contributed by atoms with Gasteiger partial charge in [0.15, 0.2) is 0 Å². The number of carbonyl (C=O) groups excluding carboxylic acids is 1. The molecule has 0 saturated carbocycles. The zero-order valence-corrected chi connectivity index (χ0v) is 11.0. The number of nitrogens with one attached hydrogen (secondary N) is 2. The molecule has 0 aliphatic heterocycles. The maximum Gasteiger partial charge on any atom is 0.408 e. The number of hydrogen-bond acceptors (Lipinski definition) is 3. The van der Waals surface area contributed by atoms with Crippen molar-refractivity contribution in [2.75, 3.05) is 6.54 Å². The van der Waals surface area contributed by atoms with Crippen LogP contribution in [0.25, 0.3) is 0 Å². The Kier molecular flexibility index (Phi) is 4.59. The number of carboxylic acid groups (broad SMARTS) is 1. The lowest BCUT2D eigenvalue weighted by atomic mass is 10.2. The standard InChI is InChI=1S/C13H16N2O4/c1-13(2,3)19-12(18)14-6-4-5-9-7-10(11(16)17)15-8-9/h7-8,15H,6H2,1-3H3,(H,14,18)(H,16,17). The minimum Gasteiger partial charge on any atom is -0.477 e. The summed E-state index contributed by atoms with van der Waals surface area (Å²) in [7, 11) is 0. The number of aromatic carboxylic acids is 1. The molecule has 6 heteroatoms. The second-order valence-corrected chi connectivity index (χ2v) is 4.76. The number of rotatable bonds is 2. The lowest BCUT2D eigenvalue weighted by Gasteiger charge is -2.18. The fraction of sp³-hybridized carbons (Fsp3) is 0.385. The van der Waals surface area contributed by atoms with Gasteiger partial charge in [0.2, 0.25) is 0 Å². The summed E-state index contributed by atoms with van der Waals surface area (Å²) < 4.78 is 5.02. The monoisotopic (exact) mass is 264 g/mol. The number of amides is 1. The Hall–Kier alpha value is -2.42. The summed E-state index contributed by atoms with van der Waals surface area (Å²) in [5.74, 6) is 4.38. The van der Waals surface area contributed by atoms with Crippen LogP contribution >= 0.6 is 0 Å². The number of aromatic nitrogens is 1. The molecule has 0 fully saturated rings. The Bertz CT molecular complexity index is 529. The highest BCUT2D eigenvalue weighted by molar-refractivity contribution is 5.86. The highest BCUT2D eigenvalue weighted by atomic mass is 16.6. The minimum atomic E-state index is -1.04. The molecule has 0 spiro atoms. The lowest BCUT2D eigenvalue weighted by Crippen LogP contribution is -2.32. The van der Waals surface area contributed by atoms with Crippen LogP contribution in [-0.2, 0) is 4.74 Å². The summed E-state index contributed by atoms with van der Waals surface area (Å²) in [6.07, 6.45) is 0.950. The van der Waals surface area contributed by atoms with E-state index in [0.717, 1.165) is 0 Å². The molecule has 1 rings (SSSR count). The van der Waals surface area contributed by atoms with Crippen molar-refractivity contribution in [1.29, 1.82) is 0 Å². The quantitative estimate of drug-likeness (QED) is 0.707. The van der Waals surface area contributed by atoms with Crippen LogP contribution in [0, 0.1) is 11.8 Å². The summed E-state index contributed by atoms with van der Waals surface area (Å²) in [6.45, 7) is 5.44. The van der Waals surface area contributed by atoms with Crippen molar-refractivity contribution < 1.29 is 19.4 Å². The van der Waals surface area contributed by atoms with E-state index in [1.165, 1.54) is 12.3 Å². The highest BCUT2D eigenvalue weighted by Crippen LogP contribution is 2.06. The molecule has 0 bridgehead atoms. The smallest absolute Gasteiger partial charge is 0.408 e. The van der Waals surface area contributed by atoms with E-state index in [0.29, 0.717) is 5.56 Å². The first-order chi connectivity index (χ1) is 8.78. The third-order valence-corrected chi connectivity index (χ3v) is 1.87. The Balaban J connectivity index is 2.43. The van der Waals surface area contributed by atoms with Crippen molar-refractivity contribution in [2.45, 2.75) is 26.4 Å². The van der Waals surface area contributed by atoms with Crippen LogP contribution in [-0.4, -0.2) is 34.3 Å². The summed E-state index contributed by atoms with van der Waals surface area (Å²) in [5, 5.41) is 11.2. The first-order valence-electron chi connectivity index (χ1n) is 5.65.